The zero-order valence-electron chi connectivity index (χ0n) is 10.2. The SMILES string of the molecule is CNCCc1nccc(Nc2ccc(Br)cc2)n1. The Balaban J connectivity index is 2.06. The molecule has 0 amide bonds. The summed E-state index contributed by atoms with van der Waals surface area (Å²) in [6, 6.07) is 9.85. The molecule has 94 valence electrons. The van der Waals surface area contributed by atoms with E-state index in [0.717, 1.165) is 34.8 Å². The van der Waals surface area contributed by atoms with Crippen molar-refractivity contribution in [2.24, 2.45) is 0 Å². The second-order valence-corrected chi connectivity index (χ2v) is 4.76. The molecule has 0 aliphatic heterocycles. The van der Waals surface area contributed by atoms with E-state index in [1.165, 1.54) is 0 Å². The zero-order chi connectivity index (χ0) is 12.8. The first-order chi connectivity index (χ1) is 8.78. The van der Waals surface area contributed by atoms with E-state index < -0.39 is 0 Å². The molecule has 18 heavy (non-hydrogen) atoms. The smallest absolute Gasteiger partial charge is 0.134 e. The molecule has 0 fully saturated rings. The lowest BCUT2D eigenvalue weighted by Crippen LogP contribution is -2.12. The number of hydrogen-bond donors (Lipinski definition) is 2. The van der Waals surface area contributed by atoms with Crippen molar-refractivity contribution in [3.05, 3.63) is 46.8 Å². The maximum atomic E-state index is 4.45. The van der Waals surface area contributed by atoms with Crippen molar-refractivity contribution in [3.8, 4) is 0 Å². The van der Waals surface area contributed by atoms with Crippen LogP contribution in [0.4, 0.5) is 11.5 Å². The summed E-state index contributed by atoms with van der Waals surface area (Å²) in [4.78, 5) is 8.69. The van der Waals surface area contributed by atoms with Crippen molar-refractivity contribution in [3.63, 3.8) is 0 Å². The predicted molar refractivity (Wildman–Crippen MR) is 77.1 cm³/mol. The molecule has 0 unspecified atom stereocenters. The Morgan fingerprint density at radius 2 is 1.94 bits per heavy atom. The van der Waals surface area contributed by atoms with Crippen molar-refractivity contribution in [1.29, 1.82) is 0 Å². The van der Waals surface area contributed by atoms with Crippen LogP contribution in [0.3, 0.4) is 0 Å². The van der Waals surface area contributed by atoms with Gasteiger partial charge in [-0.25, -0.2) is 9.97 Å². The first kappa shape index (κ1) is 13.0. The van der Waals surface area contributed by atoms with E-state index in [1.54, 1.807) is 6.20 Å². The molecule has 2 aromatic rings. The Hall–Kier alpha value is -1.46. The van der Waals surface area contributed by atoms with Crippen LogP contribution in [0.15, 0.2) is 41.0 Å². The van der Waals surface area contributed by atoms with E-state index in [4.69, 9.17) is 0 Å². The third-order valence-electron chi connectivity index (χ3n) is 2.42. The Morgan fingerprint density at radius 3 is 2.67 bits per heavy atom. The largest absolute Gasteiger partial charge is 0.340 e. The molecular formula is C13H15BrN4. The Labute approximate surface area is 115 Å². The lowest BCUT2D eigenvalue weighted by Gasteiger charge is -2.07. The quantitative estimate of drug-likeness (QED) is 0.892. The van der Waals surface area contributed by atoms with Crippen molar-refractivity contribution >= 4 is 27.4 Å². The summed E-state index contributed by atoms with van der Waals surface area (Å²) in [5.41, 5.74) is 1.01. The van der Waals surface area contributed by atoms with E-state index in [9.17, 15) is 0 Å². The third kappa shape index (κ3) is 3.78. The number of nitrogens with zero attached hydrogens (tertiary/aromatic N) is 2. The molecule has 0 aliphatic rings. The number of nitrogens with one attached hydrogen (secondary N) is 2. The number of likely N-dealkylation sites (N-methyl/N-ethyl adjacent to an activating group) is 1. The average molecular weight is 307 g/mol. The van der Waals surface area contributed by atoms with E-state index in [-0.39, 0.29) is 0 Å². The lowest BCUT2D eigenvalue weighted by atomic mass is 10.3. The molecule has 2 rings (SSSR count). The molecule has 1 aromatic heterocycles. The normalized spacial score (nSPS) is 10.3. The molecule has 0 aliphatic carbocycles. The summed E-state index contributed by atoms with van der Waals surface area (Å²) in [6.07, 6.45) is 2.60. The van der Waals surface area contributed by atoms with Gasteiger partial charge in [0.25, 0.3) is 0 Å². The fourth-order valence-corrected chi connectivity index (χ4v) is 1.77. The topological polar surface area (TPSA) is 49.8 Å². The summed E-state index contributed by atoms with van der Waals surface area (Å²) in [6.45, 7) is 0.877. The summed E-state index contributed by atoms with van der Waals surface area (Å²) in [5.74, 6) is 1.66. The molecule has 0 radical (unpaired) electrons. The van der Waals surface area contributed by atoms with Crippen LogP contribution in [-0.4, -0.2) is 23.6 Å². The Bertz CT molecular complexity index is 499. The molecule has 0 saturated carbocycles. The second kappa shape index (κ2) is 6.47. The molecule has 4 nitrogen and oxygen atoms in total. The van der Waals surface area contributed by atoms with Gasteiger partial charge in [-0.2, -0.15) is 0 Å². The average Bonchev–Trinajstić information content (AvgIpc) is 2.40. The van der Waals surface area contributed by atoms with Gasteiger partial charge in [0.05, 0.1) is 0 Å². The molecule has 0 saturated heterocycles. The van der Waals surface area contributed by atoms with E-state index >= 15 is 0 Å². The standard InChI is InChI=1S/C13H15BrN4/c1-15-8-6-12-16-9-7-13(18-12)17-11-4-2-10(14)3-5-11/h2-5,7,9,15H,6,8H2,1H3,(H,16,17,18). The molecule has 1 heterocycles. The van der Waals surface area contributed by atoms with Gasteiger partial charge in [-0.3, -0.25) is 0 Å². The number of benzene rings is 1. The van der Waals surface area contributed by atoms with Gasteiger partial charge in [0.2, 0.25) is 0 Å². The highest BCUT2D eigenvalue weighted by Crippen LogP contribution is 2.17. The number of aromatic nitrogens is 2. The Morgan fingerprint density at radius 1 is 1.17 bits per heavy atom. The molecule has 0 atom stereocenters. The predicted octanol–water partition coefficient (Wildman–Crippen LogP) is 2.74. The third-order valence-corrected chi connectivity index (χ3v) is 2.95. The van der Waals surface area contributed by atoms with Gasteiger partial charge in [0.15, 0.2) is 0 Å². The molecule has 2 N–H and O–H groups in total. The van der Waals surface area contributed by atoms with Crippen LogP contribution in [0.5, 0.6) is 0 Å². The van der Waals surface area contributed by atoms with E-state index in [0.29, 0.717) is 0 Å². The van der Waals surface area contributed by atoms with E-state index in [1.807, 2.05) is 37.4 Å². The number of anilines is 2. The van der Waals surface area contributed by atoms with Crippen molar-refractivity contribution in [2.45, 2.75) is 6.42 Å². The summed E-state index contributed by atoms with van der Waals surface area (Å²) in [5, 5.41) is 6.34. The fourth-order valence-electron chi connectivity index (χ4n) is 1.51. The van der Waals surface area contributed by atoms with Crippen LogP contribution in [-0.2, 0) is 6.42 Å². The first-order valence-corrected chi connectivity index (χ1v) is 6.56. The second-order valence-electron chi connectivity index (χ2n) is 3.84. The van der Waals surface area contributed by atoms with Crippen LogP contribution in [0.2, 0.25) is 0 Å². The highest BCUT2D eigenvalue weighted by molar-refractivity contribution is 9.10. The molecule has 0 spiro atoms. The molecule has 1 aromatic carbocycles. The maximum Gasteiger partial charge on any atom is 0.134 e. The minimum absolute atomic E-state index is 0.818. The van der Waals surface area contributed by atoms with Gasteiger partial charge in [-0.15, -0.1) is 0 Å². The maximum absolute atomic E-state index is 4.45. The number of hydrogen-bond acceptors (Lipinski definition) is 4. The zero-order valence-corrected chi connectivity index (χ0v) is 11.7. The summed E-state index contributed by atoms with van der Waals surface area (Å²) >= 11 is 3.41. The summed E-state index contributed by atoms with van der Waals surface area (Å²) in [7, 11) is 1.92. The molecule has 0 bridgehead atoms. The van der Waals surface area contributed by atoms with Gasteiger partial charge < -0.3 is 10.6 Å². The number of rotatable bonds is 5. The minimum Gasteiger partial charge on any atom is -0.340 e. The van der Waals surface area contributed by atoms with Crippen molar-refractivity contribution < 1.29 is 0 Å². The van der Waals surface area contributed by atoms with Gasteiger partial charge in [-0.1, -0.05) is 15.9 Å². The van der Waals surface area contributed by atoms with Crippen molar-refractivity contribution in [1.82, 2.24) is 15.3 Å². The van der Waals surface area contributed by atoms with Crippen LogP contribution >= 0.6 is 15.9 Å². The summed E-state index contributed by atoms with van der Waals surface area (Å²) < 4.78 is 1.06. The molecular weight excluding hydrogens is 292 g/mol. The highest BCUT2D eigenvalue weighted by atomic mass is 79.9. The van der Waals surface area contributed by atoms with E-state index in [2.05, 4.69) is 36.5 Å². The first-order valence-electron chi connectivity index (χ1n) is 5.77. The lowest BCUT2D eigenvalue weighted by molar-refractivity contribution is 0.756. The highest BCUT2D eigenvalue weighted by Gasteiger charge is 1.99. The van der Waals surface area contributed by atoms with Crippen LogP contribution in [0.25, 0.3) is 0 Å². The van der Waals surface area contributed by atoms with Gasteiger partial charge in [-0.05, 0) is 37.4 Å². The van der Waals surface area contributed by atoms with Gasteiger partial charge in [0.1, 0.15) is 11.6 Å². The number of halogens is 1. The van der Waals surface area contributed by atoms with Crippen LogP contribution < -0.4 is 10.6 Å². The van der Waals surface area contributed by atoms with Gasteiger partial charge >= 0.3 is 0 Å². The van der Waals surface area contributed by atoms with Crippen molar-refractivity contribution in [2.75, 3.05) is 18.9 Å². The van der Waals surface area contributed by atoms with Crippen LogP contribution in [0, 0.1) is 0 Å². The minimum atomic E-state index is 0.818. The van der Waals surface area contributed by atoms with Gasteiger partial charge in [0, 0.05) is 29.3 Å². The fraction of sp³-hybridized carbons (Fsp3) is 0.231. The Kier molecular flexibility index (Phi) is 4.66. The molecule has 5 heteroatoms. The monoisotopic (exact) mass is 306 g/mol. The van der Waals surface area contributed by atoms with Crippen LogP contribution in [0.1, 0.15) is 5.82 Å².